The molecule has 1 amide bonds. The van der Waals surface area contributed by atoms with Gasteiger partial charge in [0.25, 0.3) is 0 Å². The quantitative estimate of drug-likeness (QED) is 0.802. The predicted octanol–water partition coefficient (Wildman–Crippen LogP) is 3.18. The molecule has 5 nitrogen and oxygen atoms in total. The average Bonchev–Trinajstić information content (AvgIpc) is 2.54. The van der Waals surface area contributed by atoms with Crippen LogP contribution in [0.2, 0.25) is 0 Å². The van der Waals surface area contributed by atoms with Gasteiger partial charge in [0.1, 0.15) is 0 Å². The fraction of sp³-hybridized carbons (Fsp3) is 0.188. The number of rotatable bonds is 6. The molecule has 6 heteroatoms. The summed E-state index contributed by atoms with van der Waals surface area (Å²) in [4.78, 5) is 11.0. The van der Waals surface area contributed by atoms with Crippen molar-refractivity contribution in [2.75, 3.05) is 6.61 Å². The summed E-state index contributed by atoms with van der Waals surface area (Å²) in [5.74, 6) is 0. The Morgan fingerprint density at radius 3 is 2.27 bits per heavy atom. The SMILES string of the molecule is CCO[PH](=O)c1ccc(C(NC(=O)O)c2ccccc2)cc1. The summed E-state index contributed by atoms with van der Waals surface area (Å²) in [5.41, 5.74) is 1.62. The molecule has 0 bridgehead atoms. The molecule has 0 aliphatic carbocycles. The lowest BCUT2D eigenvalue weighted by Crippen LogP contribution is -2.27. The summed E-state index contributed by atoms with van der Waals surface area (Å²) in [6, 6.07) is 15.8. The second kappa shape index (κ2) is 7.78. The van der Waals surface area contributed by atoms with Crippen LogP contribution >= 0.6 is 8.03 Å². The van der Waals surface area contributed by atoms with Crippen molar-refractivity contribution in [1.29, 1.82) is 0 Å². The molecular formula is C16H18NO4P. The number of nitrogens with one attached hydrogen (secondary N) is 1. The van der Waals surface area contributed by atoms with Crippen molar-refractivity contribution in [2.24, 2.45) is 0 Å². The first-order valence-corrected chi connectivity index (χ1v) is 8.25. The highest BCUT2D eigenvalue weighted by atomic mass is 31.1. The maximum atomic E-state index is 11.8. The van der Waals surface area contributed by atoms with Crippen molar-refractivity contribution in [3.05, 3.63) is 65.7 Å². The van der Waals surface area contributed by atoms with Crippen LogP contribution in [0.3, 0.4) is 0 Å². The monoisotopic (exact) mass is 319 g/mol. The molecule has 2 aromatic carbocycles. The first-order valence-electron chi connectivity index (χ1n) is 6.93. The lowest BCUT2D eigenvalue weighted by atomic mass is 9.99. The molecule has 22 heavy (non-hydrogen) atoms. The third-order valence-electron chi connectivity index (χ3n) is 3.16. The molecule has 0 heterocycles. The van der Waals surface area contributed by atoms with Gasteiger partial charge in [0.15, 0.2) is 0 Å². The van der Waals surface area contributed by atoms with Gasteiger partial charge in [0.05, 0.1) is 12.6 Å². The summed E-state index contributed by atoms with van der Waals surface area (Å²) in [7, 11) is -2.23. The van der Waals surface area contributed by atoms with E-state index < -0.39 is 20.2 Å². The molecule has 0 aliphatic rings. The lowest BCUT2D eigenvalue weighted by Gasteiger charge is -2.18. The van der Waals surface area contributed by atoms with Gasteiger partial charge in [-0.25, -0.2) is 4.79 Å². The molecular weight excluding hydrogens is 301 g/mol. The Bertz CT molecular complexity index is 643. The molecule has 0 fully saturated rings. The Kier molecular flexibility index (Phi) is 5.75. The van der Waals surface area contributed by atoms with Gasteiger partial charge in [0, 0.05) is 5.30 Å². The van der Waals surface area contributed by atoms with E-state index in [1.165, 1.54) is 0 Å². The summed E-state index contributed by atoms with van der Waals surface area (Å²) in [6.07, 6.45) is -1.10. The van der Waals surface area contributed by atoms with E-state index >= 15 is 0 Å². The normalized spacial score (nSPS) is 13.3. The number of hydrogen-bond donors (Lipinski definition) is 2. The fourth-order valence-corrected chi connectivity index (χ4v) is 3.02. The second-order valence-electron chi connectivity index (χ2n) is 4.64. The maximum absolute atomic E-state index is 11.8. The molecule has 0 saturated heterocycles. The van der Waals surface area contributed by atoms with Gasteiger partial charge in [-0.3, -0.25) is 4.57 Å². The second-order valence-corrected chi connectivity index (χ2v) is 6.08. The number of amides is 1. The van der Waals surface area contributed by atoms with E-state index in [1.807, 2.05) is 30.3 Å². The summed E-state index contributed by atoms with van der Waals surface area (Å²) in [6.45, 7) is 2.19. The number of carboxylic acid groups (broad SMARTS) is 1. The van der Waals surface area contributed by atoms with Crippen LogP contribution in [0, 0.1) is 0 Å². The summed E-state index contributed by atoms with van der Waals surface area (Å²) >= 11 is 0. The molecule has 0 aliphatic heterocycles. The van der Waals surface area contributed by atoms with Gasteiger partial charge in [0.2, 0.25) is 8.03 Å². The number of benzene rings is 2. The highest BCUT2D eigenvalue weighted by molar-refractivity contribution is 7.48. The molecule has 2 aromatic rings. The predicted molar refractivity (Wildman–Crippen MR) is 86.1 cm³/mol. The zero-order valence-electron chi connectivity index (χ0n) is 12.2. The third-order valence-corrected chi connectivity index (χ3v) is 4.51. The van der Waals surface area contributed by atoms with Crippen molar-refractivity contribution in [3.63, 3.8) is 0 Å². The molecule has 0 spiro atoms. The van der Waals surface area contributed by atoms with Crippen LogP contribution in [-0.2, 0) is 9.09 Å². The first-order chi connectivity index (χ1) is 10.6. The zero-order valence-corrected chi connectivity index (χ0v) is 13.2. The van der Waals surface area contributed by atoms with Gasteiger partial charge in [-0.05, 0) is 30.2 Å². The minimum absolute atomic E-state index is 0.396. The van der Waals surface area contributed by atoms with Crippen LogP contribution in [-0.4, -0.2) is 17.8 Å². The van der Waals surface area contributed by atoms with Crippen LogP contribution in [0.5, 0.6) is 0 Å². The average molecular weight is 319 g/mol. The minimum atomic E-state index is -2.23. The van der Waals surface area contributed by atoms with Gasteiger partial charge < -0.3 is 14.9 Å². The van der Waals surface area contributed by atoms with E-state index in [1.54, 1.807) is 31.2 Å². The number of hydrogen-bond acceptors (Lipinski definition) is 3. The lowest BCUT2D eigenvalue weighted by molar-refractivity contribution is 0.191. The molecule has 0 saturated carbocycles. The van der Waals surface area contributed by atoms with E-state index in [0.29, 0.717) is 11.9 Å². The molecule has 2 N–H and O–H groups in total. The standard InChI is InChI=1S/C16H18NO4P/c1-2-21-22(20)14-10-8-13(9-11-14)15(17-16(18)19)12-6-4-3-5-7-12/h3-11,15,17,22H,2H2,1H3,(H,18,19). The molecule has 2 unspecified atom stereocenters. The van der Waals surface area contributed by atoms with Gasteiger partial charge in [-0.1, -0.05) is 42.5 Å². The van der Waals surface area contributed by atoms with Crippen LogP contribution < -0.4 is 10.6 Å². The van der Waals surface area contributed by atoms with Gasteiger partial charge >= 0.3 is 6.09 Å². The highest BCUT2D eigenvalue weighted by Crippen LogP contribution is 2.25. The van der Waals surface area contributed by atoms with Crippen LogP contribution in [0.1, 0.15) is 24.1 Å². The summed E-state index contributed by atoms with van der Waals surface area (Å²) < 4.78 is 16.9. The van der Waals surface area contributed by atoms with Crippen molar-refractivity contribution in [3.8, 4) is 0 Å². The largest absolute Gasteiger partial charge is 0.465 e. The molecule has 116 valence electrons. The topological polar surface area (TPSA) is 75.6 Å². The first kappa shape index (κ1) is 16.3. The van der Waals surface area contributed by atoms with E-state index in [-0.39, 0.29) is 0 Å². The molecule has 2 atom stereocenters. The molecule has 0 aromatic heterocycles. The van der Waals surface area contributed by atoms with E-state index in [9.17, 15) is 9.36 Å². The maximum Gasteiger partial charge on any atom is 0.405 e. The Morgan fingerprint density at radius 1 is 1.14 bits per heavy atom. The van der Waals surface area contributed by atoms with Gasteiger partial charge in [-0.15, -0.1) is 0 Å². The summed E-state index contributed by atoms with van der Waals surface area (Å²) in [5, 5.41) is 12.2. The third kappa shape index (κ3) is 4.20. The molecule has 0 radical (unpaired) electrons. The van der Waals surface area contributed by atoms with Crippen LogP contribution in [0.4, 0.5) is 4.79 Å². The van der Waals surface area contributed by atoms with Crippen molar-refractivity contribution < 1.29 is 19.0 Å². The Balaban J connectivity index is 2.28. The van der Waals surface area contributed by atoms with Crippen molar-refractivity contribution >= 4 is 19.4 Å². The van der Waals surface area contributed by atoms with Crippen molar-refractivity contribution in [1.82, 2.24) is 5.32 Å². The number of carbonyl (C=O) groups is 1. The van der Waals surface area contributed by atoms with E-state index in [4.69, 9.17) is 9.63 Å². The minimum Gasteiger partial charge on any atom is -0.465 e. The van der Waals surface area contributed by atoms with Crippen molar-refractivity contribution in [2.45, 2.75) is 13.0 Å². The zero-order chi connectivity index (χ0) is 15.9. The Hall–Kier alpha value is -2.10. The fourth-order valence-electron chi connectivity index (χ4n) is 2.15. The van der Waals surface area contributed by atoms with E-state index in [2.05, 4.69) is 5.32 Å². The Morgan fingerprint density at radius 2 is 1.73 bits per heavy atom. The van der Waals surface area contributed by atoms with Crippen LogP contribution in [0.25, 0.3) is 0 Å². The Labute approximate surface area is 129 Å². The molecule has 2 rings (SSSR count). The smallest absolute Gasteiger partial charge is 0.405 e. The van der Waals surface area contributed by atoms with E-state index in [0.717, 1.165) is 11.1 Å². The highest BCUT2D eigenvalue weighted by Gasteiger charge is 2.16. The van der Waals surface area contributed by atoms with Crippen LogP contribution in [0.15, 0.2) is 54.6 Å². The van der Waals surface area contributed by atoms with Gasteiger partial charge in [-0.2, -0.15) is 0 Å².